The van der Waals surface area contributed by atoms with E-state index in [9.17, 15) is 14.4 Å². The number of carbonyl (C=O) groups excluding carboxylic acids is 2. The summed E-state index contributed by atoms with van der Waals surface area (Å²) in [6.45, 7) is 2.06. The predicted octanol–water partition coefficient (Wildman–Crippen LogP) is 7.81. The Morgan fingerprint density at radius 1 is 0.733 bits per heavy atom. The zero-order valence-corrected chi connectivity index (χ0v) is 25.1. The number of carboxylic acid groups (broad SMARTS) is 1. The van der Waals surface area contributed by atoms with E-state index in [2.05, 4.69) is 11.9 Å². The Bertz CT molecular complexity index is 1590. The number of oxazole rings is 1. The summed E-state index contributed by atoms with van der Waals surface area (Å²) >= 11 is 0. The Hall–Kier alpha value is -5.50. The lowest BCUT2D eigenvalue weighted by atomic mass is 10.0. The molecule has 45 heavy (non-hydrogen) atoms. The first-order valence-electron chi connectivity index (χ1n) is 15.1. The number of para-hydroxylation sites is 2. The summed E-state index contributed by atoms with van der Waals surface area (Å²) in [5.41, 5.74) is 4.05. The van der Waals surface area contributed by atoms with Gasteiger partial charge in [-0.2, -0.15) is 0 Å². The highest BCUT2D eigenvalue weighted by molar-refractivity contribution is 6.23. The van der Waals surface area contributed by atoms with Gasteiger partial charge in [0, 0.05) is 17.5 Å². The molecule has 1 aromatic heterocycles. The van der Waals surface area contributed by atoms with E-state index in [1.165, 1.54) is 10.0 Å². The number of aryl methyl sites for hydroxylation is 1. The van der Waals surface area contributed by atoms with Crippen molar-refractivity contribution in [3.63, 3.8) is 0 Å². The number of carboxylic acids is 1. The number of carbonyl (C=O) groups is 3. The van der Waals surface area contributed by atoms with Gasteiger partial charge in [-0.15, -0.1) is 0 Å². The minimum atomic E-state index is -0.860. The Kier molecular flexibility index (Phi) is 10.2. The lowest BCUT2D eigenvalue weighted by Gasteiger charge is -2.27. The van der Waals surface area contributed by atoms with E-state index < -0.39 is 11.9 Å². The smallest absolute Gasteiger partial charge is 0.303 e. The third-order valence-corrected chi connectivity index (χ3v) is 7.37. The van der Waals surface area contributed by atoms with Gasteiger partial charge < -0.3 is 9.52 Å². The molecule has 0 spiro atoms. The van der Waals surface area contributed by atoms with Gasteiger partial charge in [0.15, 0.2) is 11.7 Å². The summed E-state index contributed by atoms with van der Waals surface area (Å²) in [5.74, 6) is -0.611. The molecule has 1 fully saturated rings. The molecule has 0 atom stereocenters. The van der Waals surface area contributed by atoms with Gasteiger partial charge in [-0.3, -0.25) is 14.4 Å². The summed E-state index contributed by atoms with van der Waals surface area (Å²) < 4.78 is 5.83. The molecule has 8 nitrogen and oxygen atoms in total. The molecule has 6 rings (SSSR count). The molecule has 0 radical (unpaired) electrons. The fourth-order valence-corrected chi connectivity index (χ4v) is 5.14. The average Bonchev–Trinajstić information content (AvgIpc) is 3.63. The predicted molar refractivity (Wildman–Crippen MR) is 174 cm³/mol. The van der Waals surface area contributed by atoms with Gasteiger partial charge in [0.1, 0.15) is 11.6 Å². The maximum absolute atomic E-state index is 12.9. The number of hydrogen-bond donors (Lipinski definition) is 1. The molecule has 0 aliphatic carbocycles. The molecular formula is C37H35N3O5. The first-order chi connectivity index (χ1) is 22.0. The summed E-state index contributed by atoms with van der Waals surface area (Å²) in [5, 5.41) is 11.8. The highest BCUT2D eigenvalue weighted by Crippen LogP contribution is 2.34. The molecule has 0 saturated carbocycles. The number of hydrogen-bond acceptors (Lipinski definition) is 5. The lowest BCUT2D eigenvalue weighted by molar-refractivity contribution is -0.137. The number of unbranched alkanes of at least 4 members (excludes halogenated alkanes) is 1. The second-order valence-electron chi connectivity index (χ2n) is 10.6. The molecule has 0 unspecified atom stereocenters. The Morgan fingerprint density at radius 2 is 1.20 bits per heavy atom. The largest absolute Gasteiger partial charge is 0.481 e. The van der Waals surface area contributed by atoms with Crippen LogP contribution in [0, 0.1) is 5.92 Å². The van der Waals surface area contributed by atoms with E-state index in [4.69, 9.17) is 9.52 Å². The van der Waals surface area contributed by atoms with Crippen LogP contribution in [0.5, 0.6) is 0 Å². The number of aliphatic carboxylic acids is 1. The van der Waals surface area contributed by atoms with Crippen molar-refractivity contribution in [2.24, 2.45) is 5.92 Å². The van der Waals surface area contributed by atoms with E-state index in [1.807, 2.05) is 121 Å². The lowest BCUT2D eigenvalue weighted by Crippen LogP contribution is -2.41. The van der Waals surface area contributed by atoms with Crippen molar-refractivity contribution >= 4 is 29.2 Å². The van der Waals surface area contributed by atoms with Crippen LogP contribution in [-0.2, 0) is 20.8 Å². The highest BCUT2D eigenvalue weighted by Gasteiger charge is 2.46. The minimum Gasteiger partial charge on any atom is -0.481 e. The van der Waals surface area contributed by atoms with Crippen molar-refractivity contribution in [2.45, 2.75) is 39.0 Å². The van der Waals surface area contributed by atoms with Crippen molar-refractivity contribution in [1.82, 2.24) is 4.98 Å². The summed E-state index contributed by atoms with van der Waals surface area (Å²) in [6, 6.07) is 38.1. The summed E-state index contributed by atoms with van der Waals surface area (Å²) in [6.07, 6.45) is 2.72. The van der Waals surface area contributed by atoms with Crippen LogP contribution in [0.2, 0.25) is 0 Å². The quantitative estimate of drug-likeness (QED) is 0.164. The van der Waals surface area contributed by atoms with E-state index in [0.717, 1.165) is 29.7 Å². The molecule has 228 valence electrons. The Labute approximate surface area is 262 Å². The standard InChI is InChI=1S/C19H20N2O2.C18H15NO3/c1-2-3-14-17-18(22)20(15-10-6-4-7-11-15)21(19(17)23)16-12-8-5-9-13-16;20-16(21)12-11-15-19-17(13-7-3-1-4-8-13)18(22-15)14-9-5-2-6-10-14/h4-13,17H,2-3,14H2,1H3;1-10H,11-12H2,(H,20,21). The molecule has 1 saturated heterocycles. The van der Waals surface area contributed by atoms with E-state index >= 15 is 0 Å². The summed E-state index contributed by atoms with van der Waals surface area (Å²) in [7, 11) is 0. The number of hydrazine groups is 1. The third kappa shape index (κ3) is 7.36. The molecule has 8 heteroatoms. The van der Waals surface area contributed by atoms with Crippen LogP contribution in [0.1, 0.15) is 38.5 Å². The van der Waals surface area contributed by atoms with Gasteiger partial charge in [0.05, 0.1) is 17.8 Å². The number of amides is 2. The maximum atomic E-state index is 12.9. The molecule has 2 heterocycles. The normalized spacial score (nSPS) is 13.1. The zero-order chi connectivity index (χ0) is 31.6. The minimum absolute atomic E-state index is 0.00295. The monoisotopic (exact) mass is 601 g/mol. The SMILES string of the molecule is CCCCC1C(=O)N(c2ccccc2)N(c2ccccc2)C1=O.O=C(O)CCc1nc(-c2ccccc2)c(-c2ccccc2)o1. The van der Waals surface area contributed by atoms with Crippen LogP contribution in [-0.4, -0.2) is 27.9 Å². The molecule has 1 aliphatic heterocycles. The molecule has 1 N–H and O–H groups in total. The molecule has 0 bridgehead atoms. The number of aromatic nitrogens is 1. The Balaban J connectivity index is 0.000000178. The number of rotatable bonds is 10. The summed E-state index contributed by atoms with van der Waals surface area (Å²) in [4.78, 5) is 41.0. The van der Waals surface area contributed by atoms with Crippen LogP contribution in [0.3, 0.4) is 0 Å². The van der Waals surface area contributed by atoms with Gasteiger partial charge >= 0.3 is 5.97 Å². The van der Waals surface area contributed by atoms with Gasteiger partial charge in [-0.05, 0) is 30.7 Å². The Morgan fingerprint density at radius 3 is 1.67 bits per heavy atom. The molecule has 5 aromatic rings. The molecular weight excluding hydrogens is 566 g/mol. The highest BCUT2D eigenvalue weighted by atomic mass is 16.4. The molecule has 2 amide bonds. The van der Waals surface area contributed by atoms with Crippen molar-refractivity contribution < 1.29 is 23.9 Å². The number of nitrogens with zero attached hydrogens (tertiary/aromatic N) is 3. The van der Waals surface area contributed by atoms with Crippen molar-refractivity contribution in [2.75, 3.05) is 10.0 Å². The fraction of sp³-hybridized carbons (Fsp3) is 0.189. The third-order valence-electron chi connectivity index (χ3n) is 7.37. The van der Waals surface area contributed by atoms with Gasteiger partial charge in [0.2, 0.25) is 0 Å². The van der Waals surface area contributed by atoms with Crippen LogP contribution in [0.15, 0.2) is 126 Å². The van der Waals surface area contributed by atoms with Crippen LogP contribution in [0.25, 0.3) is 22.6 Å². The van der Waals surface area contributed by atoms with E-state index in [1.54, 1.807) is 0 Å². The average molecular weight is 602 g/mol. The molecule has 4 aromatic carbocycles. The van der Waals surface area contributed by atoms with Crippen LogP contribution >= 0.6 is 0 Å². The van der Waals surface area contributed by atoms with Crippen LogP contribution in [0.4, 0.5) is 11.4 Å². The number of benzene rings is 4. The number of anilines is 2. The van der Waals surface area contributed by atoms with E-state index in [-0.39, 0.29) is 24.7 Å². The topological polar surface area (TPSA) is 104 Å². The zero-order valence-electron chi connectivity index (χ0n) is 25.1. The second kappa shape index (κ2) is 14.8. The van der Waals surface area contributed by atoms with Gasteiger partial charge in [-0.1, -0.05) is 117 Å². The maximum Gasteiger partial charge on any atom is 0.303 e. The molecule has 1 aliphatic rings. The fourth-order valence-electron chi connectivity index (χ4n) is 5.14. The van der Waals surface area contributed by atoms with Crippen LogP contribution < -0.4 is 10.0 Å². The van der Waals surface area contributed by atoms with Crippen molar-refractivity contribution in [3.05, 3.63) is 127 Å². The van der Waals surface area contributed by atoms with Crippen molar-refractivity contribution in [1.29, 1.82) is 0 Å². The van der Waals surface area contributed by atoms with Gasteiger partial charge in [0.25, 0.3) is 11.8 Å². The first-order valence-corrected chi connectivity index (χ1v) is 15.1. The van der Waals surface area contributed by atoms with E-state index in [0.29, 0.717) is 29.4 Å². The first kappa shape index (κ1) is 30.9. The van der Waals surface area contributed by atoms with Gasteiger partial charge in [-0.25, -0.2) is 15.0 Å². The van der Waals surface area contributed by atoms with Crippen molar-refractivity contribution in [3.8, 4) is 22.6 Å². The second-order valence-corrected chi connectivity index (χ2v) is 10.6.